The second-order valence-corrected chi connectivity index (χ2v) is 12.5. The van der Waals surface area contributed by atoms with E-state index in [1.807, 2.05) is 6.20 Å². The first-order valence-corrected chi connectivity index (χ1v) is 13.9. The number of allylic oxidation sites excluding steroid dienone is 2. The third kappa shape index (κ3) is 3.36. The normalized spacial score (nSPS) is 23.1. The molecule has 4 aromatic rings. The Labute approximate surface area is 231 Å². The van der Waals surface area contributed by atoms with Gasteiger partial charge in [-0.05, 0) is 49.1 Å². The molecule has 206 valence electrons. The Kier molecular flexibility index (Phi) is 5.29. The molecule has 0 radical (unpaired) electrons. The maximum absolute atomic E-state index is 15.0. The fourth-order valence-corrected chi connectivity index (χ4v) is 7.29. The first kappa shape index (κ1) is 25.5. The van der Waals surface area contributed by atoms with Crippen molar-refractivity contribution < 1.29 is 17.6 Å². The molecule has 0 saturated heterocycles. The molecule has 40 heavy (non-hydrogen) atoms. The molecule has 5 heterocycles. The summed E-state index contributed by atoms with van der Waals surface area (Å²) in [7, 11) is 2.98. The smallest absolute Gasteiger partial charge is 0.364 e. The zero-order chi connectivity index (χ0) is 28.2. The number of nitrogens with zero attached hydrogens (tertiary/aromatic N) is 4. The molecule has 1 aromatic carbocycles. The summed E-state index contributed by atoms with van der Waals surface area (Å²) in [5.74, 6) is -1.05. The van der Waals surface area contributed by atoms with E-state index in [2.05, 4.69) is 75.0 Å². The maximum Gasteiger partial charge on any atom is 0.417 e. The van der Waals surface area contributed by atoms with Crippen molar-refractivity contribution in [3.05, 3.63) is 99.5 Å². The van der Waals surface area contributed by atoms with Crippen molar-refractivity contribution in [1.82, 2.24) is 19.7 Å². The summed E-state index contributed by atoms with van der Waals surface area (Å²) >= 11 is 0. The molecule has 0 spiro atoms. The van der Waals surface area contributed by atoms with Crippen LogP contribution in [0.1, 0.15) is 65.7 Å². The van der Waals surface area contributed by atoms with E-state index in [9.17, 15) is 13.2 Å². The number of hydrogen-bond acceptors (Lipinski definition) is 3. The lowest BCUT2D eigenvalue weighted by molar-refractivity contribution is -0.138. The van der Waals surface area contributed by atoms with Crippen LogP contribution in [0.5, 0.6) is 0 Å². The summed E-state index contributed by atoms with van der Waals surface area (Å²) in [6.45, 7) is 7.22. The SMILES string of the molecule is CCc1cccc2c1-n1nc3c(c1C1(C)C2=CC(C)(P)c2[nH]ccc21)CN(c1ncc(C(F)(F)F)cc1F)CC3. The highest BCUT2D eigenvalue weighted by molar-refractivity contribution is 7.18. The second-order valence-electron chi connectivity index (χ2n) is 11.3. The molecular weight excluding hydrogens is 537 g/mol. The van der Waals surface area contributed by atoms with E-state index in [4.69, 9.17) is 5.10 Å². The first-order chi connectivity index (χ1) is 18.9. The number of fused-ring (bicyclic) bond motifs is 10. The number of pyridine rings is 1. The quantitative estimate of drug-likeness (QED) is 0.218. The van der Waals surface area contributed by atoms with E-state index >= 15 is 4.39 Å². The van der Waals surface area contributed by atoms with Gasteiger partial charge in [0.05, 0.1) is 28.1 Å². The molecule has 0 fully saturated rings. The first-order valence-electron chi connectivity index (χ1n) is 13.4. The number of nitrogens with one attached hydrogen (secondary N) is 1. The van der Waals surface area contributed by atoms with Gasteiger partial charge in [0.15, 0.2) is 11.6 Å². The van der Waals surface area contributed by atoms with E-state index in [0.717, 1.165) is 45.9 Å². The monoisotopic (exact) mass is 565 g/mol. The highest BCUT2D eigenvalue weighted by Crippen LogP contribution is 2.58. The lowest BCUT2D eigenvalue weighted by Crippen LogP contribution is -2.40. The molecular formula is C30H28F4N5P. The summed E-state index contributed by atoms with van der Waals surface area (Å²) in [5.41, 5.74) is 8.08. The maximum atomic E-state index is 15.0. The Bertz CT molecular complexity index is 1730. The van der Waals surface area contributed by atoms with Crippen molar-refractivity contribution in [2.75, 3.05) is 11.4 Å². The molecule has 1 N–H and O–H groups in total. The van der Waals surface area contributed by atoms with Gasteiger partial charge in [-0.3, -0.25) is 0 Å². The van der Waals surface area contributed by atoms with Crippen LogP contribution >= 0.6 is 9.24 Å². The average Bonchev–Trinajstić information content (AvgIpc) is 3.56. The van der Waals surface area contributed by atoms with Gasteiger partial charge >= 0.3 is 6.18 Å². The number of aromatic nitrogens is 4. The van der Waals surface area contributed by atoms with Gasteiger partial charge in [0.25, 0.3) is 0 Å². The molecule has 0 bridgehead atoms. The number of para-hydroxylation sites is 1. The van der Waals surface area contributed by atoms with Crippen LogP contribution in [0.15, 0.2) is 48.8 Å². The average molecular weight is 566 g/mol. The van der Waals surface area contributed by atoms with Crippen LogP contribution in [-0.4, -0.2) is 26.3 Å². The molecule has 0 saturated carbocycles. The van der Waals surface area contributed by atoms with Crippen LogP contribution in [-0.2, 0) is 36.1 Å². The van der Waals surface area contributed by atoms with Gasteiger partial charge in [-0.1, -0.05) is 31.2 Å². The number of aromatic amines is 1. The van der Waals surface area contributed by atoms with Gasteiger partial charge in [-0.2, -0.15) is 18.3 Å². The van der Waals surface area contributed by atoms with Crippen molar-refractivity contribution in [2.24, 2.45) is 0 Å². The predicted octanol–water partition coefficient (Wildman–Crippen LogP) is 6.69. The van der Waals surface area contributed by atoms with Crippen LogP contribution in [0, 0.1) is 5.82 Å². The number of halogens is 4. The zero-order valence-corrected chi connectivity index (χ0v) is 23.5. The third-order valence-corrected chi connectivity index (χ3v) is 9.22. The minimum Gasteiger partial charge on any atom is -0.364 e. The van der Waals surface area contributed by atoms with Gasteiger partial charge < -0.3 is 9.88 Å². The summed E-state index contributed by atoms with van der Waals surface area (Å²) < 4.78 is 56.7. The summed E-state index contributed by atoms with van der Waals surface area (Å²) in [5, 5.41) is 4.84. The topological polar surface area (TPSA) is 49.7 Å². The number of rotatable bonds is 2. The minimum absolute atomic E-state index is 0.0755. The van der Waals surface area contributed by atoms with E-state index in [0.29, 0.717) is 31.8 Å². The fraction of sp³-hybridized carbons (Fsp3) is 0.333. The van der Waals surface area contributed by atoms with Crippen LogP contribution in [0.4, 0.5) is 23.4 Å². The zero-order valence-electron chi connectivity index (χ0n) is 22.3. The molecule has 5 nitrogen and oxygen atoms in total. The lowest BCUT2D eigenvalue weighted by Gasteiger charge is -2.46. The number of hydrogen-bond donors (Lipinski definition) is 1. The van der Waals surface area contributed by atoms with Gasteiger partial charge in [0, 0.05) is 53.9 Å². The van der Waals surface area contributed by atoms with Crippen LogP contribution < -0.4 is 4.90 Å². The number of anilines is 1. The summed E-state index contributed by atoms with van der Waals surface area (Å²) in [6, 6.07) is 9.05. The number of H-pyrrole nitrogens is 1. The predicted molar refractivity (Wildman–Crippen MR) is 149 cm³/mol. The number of alkyl halides is 3. The highest BCUT2D eigenvalue weighted by atomic mass is 31.0. The molecule has 3 atom stereocenters. The van der Waals surface area contributed by atoms with Crippen molar-refractivity contribution in [1.29, 1.82) is 0 Å². The van der Waals surface area contributed by atoms with Crippen LogP contribution in [0.3, 0.4) is 0 Å². The Balaban J connectivity index is 1.45. The largest absolute Gasteiger partial charge is 0.417 e. The van der Waals surface area contributed by atoms with E-state index in [1.54, 1.807) is 4.90 Å². The molecule has 3 unspecified atom stereocenters. The molecule has 7 rings (SSSR count). The molecule has 10 heteroatoms. The van der Waals surface area contributed by atoms with E-state index in [1.165, 1.54) is 11.1 Å². The van der Waals surface area contributed by atoms with Gasteiger partial charge in [0.2, 0.25) is 0 Å². The summed E-state index contributed by atoms with van der Waals surface area (Å²) in [4.78, 5) is 9.12. The Hall–Kier alpha value is -3.45. The number of aryl methyl sites for hydroxylation is 1. The van der Waals surface area contributed by atoms with Crippen molar-refractivity contribution >= 4 is 20.6 Å². The molecule has 3 aliphatic rings. The van der Waals surface area contributed by atoms with Gasteiger partial charge in [0.1, 0.15) is 0 Å². The molecule has 2 aliphatic heterocycles. The van der Waals surface area contributed by atoms with Crippen molar-refractivity contribution in [3.63, 3.8) is 0 Å². The summed E-state index contributed by atoms with van der Waals surface area (Å²) in [6.07, 6.45) is 1.69. The highest BCUT2D eigenvalue weighted by Gasteiger charge is 2.51. The molecule has 3 aromatic heterocycles. The molecule has 0 amide bonds. The van der Waals surface area contributed by atoms with Crippen molar-refractivity contribution in [3.8, 4) is 5.69 Å². The van der Waals surface area contributed by atoms with Crippen LogP contribution in [0.25, 0.3) is 11.3 Å². The Morgan fingerprint density at radius 3 is 2.70 bits per heavy atom. The minimum atomic E-state index is -4.66. The number of benzene rings is 1. The standard InChI is InChI=1S/C30H28F4N5P/c1-4-16-6-5-7-18-21-13-28(2,40)25-20(8-10-35-25)29(21,3)26-19-15-38(11-9-23(19)37-39(26)24(16)18)27-22(31)12-17(14-36-27)30(32,33)34/h5-8,10,12-14,35H,4,9,11,15,40H2,1-3H3. The van der Waals surface area contributed by atoms with E-state index < -0.39 is 23.0 Å². The van der Waals surface area contributed by atoms with Crippen molar-refractivity contribution in [2.45, 2.75) is 56.9 Å². The Morgan fingerprint density at radius 2 is 1.98 bits per heavy atom. The lowest BCUT2D eigenvalue weighted by atomic mass is 9.63. The van der Waals surface area contributed by atoms with E-state index in [-0.39, 0.29) is 11.0 Å². The van der Waals surface area contributed by atoms with Crippen LogP contribution in [0.2, 0.25) is 0 Å². The Morgan fingerprint density at radius 1 is 1.18 bits per heavy atom. The molecule has 1 aliphatic carbocycles. The van der Waals surface area contributed by atoms with Gasteiger partial charge in [-0.25, -0.2) is 14.1 Å². The second kappa shape index (κ2) is 8.29. The third-order valence-electron chi connectivity index (χ3n) is 8.77. The van der Waals surface area contributed by atoms with Gasteiger partial charge in [-0.15, -0.1) is 9.24 Å². The fourth-order valence-electron chi connectivity index (χ4n) is 6.89.